The van der Waals surface area contributed by atoms with Crippen molar-refractivity contribution in [1.29, 1.82) is 0 Å². The molecule has 3 N–H and O–H groups in total. The molecule has 1 aliphatic carbocycles. The summed E-state index contributed by atoms with van der Waals surface area (Å²) in [5.74, 6) is 0.228. The maximum absolute atomic E-state index is 13.0. The van der Waals surface area contributed by atoms with Crippen LogP contribution in [0.5, 0.6) is 0 Å². The zero-order valence-electron chi connectivity index (χ0n) is 19.2. The number of hydrogen-bond donors (Lipinski definition) is 3. The first-order valence-electron chi connectivity index (χ1n) is 11.6. The summed E-state index contributed by atoms with van der Waals surface area (Å²) in [7, 11) is 0. The molecule has 2 aromatic carbocycles. The van der Waals surface area contributed by atoms with E-state index in [-0.39, 0.29) is 17.9 Å². The Morgan fingerprint density at radius 1 is 1.11 bits per heavy atom. The summed E-state index contributed by atoms with van der Waals surface area (Å²) in [4.78, 5) is 41.9. The number of nitrogens with one attached hydrogen (secondary N) is 3. The molecular weight excluding hydrogens is 460 g/mol. The number of hydrogen-bond acceptors (Lipinski definition) is 6. The predicted molar refractivity (Wildman–Crippen MR) is 133 cm³/mol. The Morgan fingerprint density at radius 3 is 2.74 bits per heavy atom. The van der Waals surface area contributed by atoms with Crippen LogP contribution in [-0.2, 0) is 20.8 Å². The molecule has 6 rings (SSSR count). The van der Waals surface area contributed by atoms with Gasteiger partial charge in [-0.1, -0.05) is 43.0 Å². The number of anilines is 1. The molecule has 0 bridgehead atoms. The number of benzene rings is 2. The van der Waals surface area contributed by atoms with Crippen LogP contribution in [0.2, 0.25) is 0 Å². The number of allylic oxidation sites excluding steroid dienone is 2. The third-order valence-electron chi connectivity index (χ3n) is 6.45. The topological polar surface area (TPSA) is 108 Å². The number of aryl methyl sites for hydroxylation is 1. The third kappa shape index (κ3) is 4.34. The van der Waals surface area contributed by atoms with Crippen LogP contribution in [-0.4, -0.2) is 26.9 Å². The van der Waals surface area contributed by atoms with Gasteiger partial charge >= 0.3 is 6.15 Å². The molecule has 0 radical (unpaired) electrons. The van der Waals surface area contributed by atoms with Crippen LogP contribution >= 0.6 is 11.8 Å². The third-order valence-corrected chi connectivity index (χ3v) is 7.33. The van der Waals surface area contributed by atoms with E-state index < -0.39 is 0 Å². The van der Waals surface area contributed by atoms with Crippen molar-refractivity contribution in [1.82, 2.24) is 15.0 Å². The van der Waals surface area contributed by atoms with Gasteiger partial charge in [-0.15, -0.1) is 0 Å². The molecule has 2 aromatic heterocycles. The molecule has 8 heteroatoms. The minimum absolute atomic E-state index is 0.0400. The van der Waals surface area contributed by atoms with Crippen LogP contribution in [0.4, 0.5) is 5.69 Å². The fourth-order valence-electron chi connectivity index (χ4n) is 4.97. The van der Waals surface area contributed by atoms with Crippen LogP contribution in [0, 0.1) is 0 Å². The van der Waals surface area contributed by atoms with Gasteiger partial charge in [-0.05, 0) is 49.1 Å². The second-order valence-electron chi connectivity index (χ2n) is 8.50. The molecule has 1 atom stereocenters. The Labute approximate surface area is 206 Å². The lowest BCUT2D eigenvalue weighted by molar-refractivity contribution is -0.191. The van der Waals surface area contributed by atoms with Gasteiger partial charge in [-0.3, -0.25) is 4.79 Å². The minimum Gasteiger partial charge on any atom is -0.363 e. The summed E-state index contributed by atoms with van der Waals surface area (Å²) in [5, 5.41) is 4.48. The number of H-pyrrole nitrogens is 2. The van der Waals surface area contributed by atoms with Gasteiger partial charge in [0.25, 0.3) is 0 Å². The van der Waals surface area contributed by atoms with E-state index >= 15 is 0 Å². The van der Waals surface area contributed by atoms with Gasteiger partial charge in [0.15, 0.2) is 10.9 Å². The Balaban J connectivity index is 0.000000806. The SMILES string of the molecule is CCc1[nH]cc2c1NC1=C(C(=O)CCC1)C2c1cccc(Sc2nc3ccccc3[nH]2)c1.O=C=O. The van der Waals surface area contributed by atoms with Crippen molar-refractivity contribution in [2.24, 2.45) is 0 Å². The predicted octanol–water partition coefficient (Wildman–Crippen LogP) is 5.59. The molecule has 2 aliphatic rings. The highest BCUT2D eigenvalue weighted by Gasteiger charge is 2.36. The Kier molecular flexibility index (Phi) is 6.40. The van der Waals surface area contributed by atoms with Crippen LogP contribution in [0.15, 0.2) is 76.0 Å². The maximum Gasteiger partial charge on any atom is 0.373 e. The van der Waals surface area contributed by atoms with Gasteiger partial charge < -0.3 is 15.3 Å². The van der Waals surface area contributed by atoms with Gasteiger partial charge in [0.2, 0.25) is 0 Å². The number of carbonyl (C=O) groups is 1. The van der Waals surface area contributed by atoms with Gasteiger partial charge in [0.05, 0.1) is 16.7 Å². The fourth-order valence-corrected chi connectivity index (χ4v) is 5.84. The molecule has 0 spiro atoms. The molecule has 7 nitrogen and oxygen atoms in total. The fraction of sp³-hybridized carbons (Fsp3) is 0.222. The number of Topliss-reactive ketones (excluding diaryl/α,β-unsaturated/α-hetero) is 1. The molecule has 0 saturated heterocycles. The summed E-state index contributed by atoms with van der Waals surface area (Å²) in [6.45, 7) is 2.16. The summed E-state index contributed by atoms with van der Waals surface area (Å²) in [6.07, 6.45) is 5.73. The molecule has 1 unspecified atom stereocenters. The van der Waals surface area contributed by atoms with E-state index in [0.29, 0.717) is 6.42 Å². The average Bonchev–Trinajstić information content (AvgIpc) is 3.46. The molecule has 3 heterocycles. The number of nitrogens with zero attached hydrogens (tertiary/aromatic N) is 1. The minimum atomic E-state index is -0.0400. The number of para-hydroxylation sites is 2. The zero-order chi connectivity index (χ0) is 24.4. The molecule has 0 saturated carbocycles. The summed E-state index contributed by atoms with van der Waals surface area (Å²) in [5.41, 5.74) is 8.72. The number of fused-ring (bicyclic) bond motifs is 2. The van der Waals surface area contributed by atoms with E-state index in [1.165, 1.54) is 11.3 Å². The first kappa shape index (κ1) is 22.9. The van der Waals surface area contributed by atoms with E-state index in [2.05, 4.69) is 52.7 Å². The lowest BCUT2D eigenvalue weighted by Crippen LogP contribution is -2.26. The Hall–Kier alpha value is -3.87. The van der Waals surface area contributed by atoms with E-state index in [9.17, 15) is 4.79 Å². The van der Waals surface area contributed by atoms with Crippen molar-refractivity contribution in [2.75, 3.05) is 5.32 Å². The number of rotatable bonds is 4. The Bertz CT molecular complexity index is 1440. The van der Waals surface area contributed by atoms with Crippen LogP contribution in [0.3, 0.4) is 0 Å². The van der Waals surface area contributed by atoms with Crippen LogP contribution in [0.25, 0.3) is 11.0 Å². The quantitative estimate of drug-likeness (QED) is 0.349. The van der Waals surface area contributed by atoms with Crippen molar-refractivity contribution in [3.63, 3.8) is 0 Å². The highest BCUT2D eigenvalue weighted by Crippen LogP contribution is 2.47. The van der Waals surface area contributed by atoms with E-state index in [1.807, 2.05) is 24.3 Å². The molecule has 176 valence electrons. The van der Waals surface area contributed by atoms with E-state index in [0.717, 1.165) is 62.9 Å². The summed E-state index contributed by atoms with van der Waals surface area (Å²) in [6, 6.07) is 16.6. The second kappa shape index (κ2) is 9.78. The first-order valence-corrected chi connectivity index (χ1v) is 12.4. The highest BCUT2D eigenvalue weighted by molar-refractivity contribution is 7.99. The Morgan fingerprint density at radius 2 is 1.94 bits per heavy atom. The summed E-state index contributed by atoms with van der Waals surface area (Å²) >= 11 is 1.62. The largest absolute Gasteiger partial charge is 0.373 e. The number of aromatic nitrogens is 3. The van der Waals surface area contributed by atoms with Gasteiger partial charge in [0.1, 0.15) is 0 Å². The van der Waals surface area contributed by atoms with Crippen LogP contribution < -0.4 is 5.32 Å². The van der Waals surface area contributed by atoms with E-state index in [4.69, 9.17) is 14.6 Å². The van der Waals surface area contributed by atoms with Gasteiger partial charge in [-0.2, -0.15) is 9.59 Å². The van der Waals surface area contributed by atoms with Gasteiger partial charge in [-0.25, -0.2) is 4.98 Å². The molecule has 1 aliphatic heterocycles. The maximum atomic E-state index is 13.0. The van der Waals surface area contributed by atoms with E-state index in [1.54, 1.807) is 11.8 Å². The number of aromatic amines is 2. The summed E-state index contributed by atoms with van der Waals surface area (Å²) < 4.78 is 0. The van der Waals surface area contributed by atoms with Crippen molar-refractivity contribution in [2.45, 2.75) is 48.6 Å². The van der Waals surface area contributed by atoms with Crippen LogP contribution in [0.1, 0.15) is 48.9 Å². The number of carbonyl (C=O) groups excluding carboxylic acids is 3. The van der Waals surface area contributed by atoms with Crippen molar-refractivity contribution in [3.8, 4) is 0 Å². The average molecular weight is 485 g/mol. The number of ketones is 1. The monoisotopic (exact) mass is 484 g/mol. The van der Waals surface area contributed by atoms with Gasteiger partial charge in [0, 0.05) is 46.0 Å². The molecule has 35 heavy (non-hydrogen) atoms. The standard InChI is InChI=1S/C26H24N4OS.CO2/c1-2-18-25-17(14-27-18)23(24-21(28-25)11-6-12-22(24)31)15-7-5-8-16(13-15)32-26-29-19-9-3-4-10-20(19)30-26;2-1-3/h3-5,7-10,13-14,23,27-28H,2,6,11-12H2,1H3,(H,29,30);. The second-order valence-corrected chi connectivity index (χ2v) is 9.56. The molecular formula is C27H24N4O3S. The zero-order valence-corrected chi connectivity index (χ0v) is 20.0. The smallest absolute Gasteiger partial charge is 0.363 e. The molecule has 0 amide bonds. The molecule has 4 aromatic rings. The highest BCUT2D eigenvalue weighted by atomic mass is 32.2. The lowest BCUT2D eigenvalue weighted by atomic mass is 9.76. The molecule has 0 fully saturated rings. The lowest BCUT2D eigenvalue weighted by Gasteiger charge is -2.33. The first-order chi connectivity index (χ1) is 17.1. The normalized spacial score (nSPS) is 16.6. The van der Waals surface area contributed by atoms with Crippen molar-refractivity contribution >= 4 is 40.4 Å². The van der Waals surface area contributed by atoms with Crippen molar-refractivity contribution in [3.05, 3.63) is 82.8 Å². The number of imidazole rings is 1. The van der Waals surface area contributed by atoms with Crippen molar-refractivity contribution < 1.29 is 14.4 Å².